The van der Waals surface area contributed by atoms with Gasteiger partial charge in [-0.25, -0.2) is 24.9 Å². The summed E-state index contributed by atoms with van der Waals surface area (Å²) < 4.78 is 50.3. The number of hydrogen-bond acceptors (Lipinski definition) is 16. The van der Waals surface area contributed by atoms with Crippen molar-refractivity contribution in [2.45, 2.75) is 377 Å². The van der Waals surface area contributed by atoms with Crippen molar-refractivity contribution in [3.63, 3.8) is 0 Å². The smallest absolute Gasteiger partial charge is 0.286 e. The van der Waals surface area contributed by atoms with E-state index in [9.17, 15) is 13.2 Å². The molecule has 0 saturated carbocycles. The maximum atomic E-state index is 11.9. The van der Waals surface area contributed by atoms with Gasteiger partial charge in [0.1, 0.15) is 45.4 Å². The molecule has 7 N–H and O–H groups in total. The second-order valence-electron chi connectivity index (χ2n) is 54.2. The predicted octanol–water partition coefficient (Wildman–Crippen LogP) is 34.2. The lowest BCUT2D eigenvalue weighted by molar-refractivity contribution is 0.172. The first kappa shape index (κ1) is 120. The highest BCUT2D eigenvalue weighted by atomic mass is 32.2. The summed E-state index contributed by atoms with van der Waals surface area (Å²) in [6.45, 7) is 97.2. The zero-order valence-electron chi connectivity index (χ0n) is 98.7. The van der Waals surface area contributed by atoms with Crippen molar-refractivity contribution < 1.29 is 26.8 Å². The van der Waals surface area contributed by atoms with Gasteiger partial charge >= 0.3 is 0 Å². The average Bonchev–Trinajstić information content (AvgIpc) is 1.56. The predicted molar refractivity (Wildman–Crippen MR) is 628 cm³/mol. The minimum Gasteiger partial charge on any atom is -0.453 e. The molecule has 0 spiro atoms. The molecular weight excluding hydrogens is 1870 g/mol. The Labute approximate surface area is 891 Å². The molecule has 0 unspecified atom stereocenters. The van der Waals surface area contributed by atoms with E-state index in [0.29, 0.717) is 22.4 Å². The number of pyridine rings is 1. The Kier molecular flexibility index (Phi) is 36.8. The fourth-order valence-corrected chi connectivity index (χ4v) is 17.2. The number of nitrogens with zero attached hydrogens (tertiary/aromatic N) is 8. The second kappa shape index (κ2) is 45.7. The summed E-state index contributed by atoms with van der Waals surface area (Å²) in [6.07, 6.45) is 12.1. The molecule has 7 aromatic heterocycles. The van der Waals surface area contributed by atoms with Crippen molar-refractivity contribution in [1.29, 1.82) is 0 Å². The summed E-state index contributed by atoms with van der Waals surface area (Å²) in [5.74, 6) is 7.15. The molecule has 0 amide bonds. The normalized spacial score (nSPS) is 14.0. The Morgan fingerprint density at radius 3 is 1.20 bits per heavy atom. The van der Waals surface area contributed by atoms with E-state index in [1.807, 2.05) is 69.8 Å². The van der Waals surface area contributed by atoms with Crippen LogP contribution in [0.2, 0.25) is 0 Å². The molecule has 22 nitrogen and oxygen atoms in total. The van der Waals surface area contributed by atoms with Crippen LogP contribution in [0.1, 0.15) is 375 Å². The Bertz CT molecular complexity index is 7140. The maximum absolute atomic E-state index is 11.9. The number of H-pyrrole nitrogens is 5. The van der Waals surface area contributed by atoms with Crippen molar-refractivity contribution in [3.8, 4) is 56.5 Å². The highest BCUT2D eigenvalue weighted by Crippen LogP contribution is 2.49. The van der Waals surface area contributed by atoms with E-state index < -0.39 is 10.0 Å². The summed E-state index contributed by atoms with van der Waals surface area (Å²) in [7, 11) is -3.55. The van der Waals surface area contributed by atoms with Crippen LogP contribution in [0.5, 0.6) is 11.5 Å². The van der Waals surface area contributed by atoms with Crippen LogP contribution in [0.4, 0.5) is 11.4 Å². The minimum absolute atomic E-state index is 0.00740. The van der Waals surface area contributed by atoms with Gasteiger partial charge in [0.05, 0.1) is 65.0 Å². The van der Waals surface area contributed by atoms with Gasteiger partial charge in [-0.2, -0.15) is 8.42 Å². The molecule has 10 heterocycles. The molecule has 18 rings (SSSR count). The molecule has 0 radical (unpaired) electrons. The number of ether oxygens (including phenoxy) is 2. The minimum atomic E-state index is -3.55. The number of fused-ring (bicyclic) bond motifs is 7. The molecule has 0 atom stereocenters. The third-order valence-corrected chi connectivity index (χ3v) is 25.1. The zero-order chi connectivity index (χ0) is 112. The van der Waals surface area contributed by atoms with Gasteiger partial charge in [0, 0.05) is 111 Å². The largest absolute Gasteiger partial charge is 0.453 e. The molecule has 0 aliphatic carbocycles. The van der Waals surface area contributed by atoms with Crippen molar-refractivity contribution in [1.82, 2.24) is 55.0 Å². The molecular formula is C126H177N15O7S. The van der Waals surface area contributed by atoms with Gasteiger partial charge in [0.2, 0.25) is 6.79 Å². The number of aromatic nitrogens is 11. The first-order chi connectivity index (χ1) is 68.2. The van der Waals surface area contributed by atoms with Gasteiger partial charge in [-0.1, -0.05) is 412 Å². The van der Waals surface area contributed by atoms with E-state index >= 15 is 0 Å². The van der Waals surface area contributed by atoms with Crippen molar-refractivity contribution in [2.24, 2.45) is 31.1 Å². The summed E-state index contributed by atoms with van der Waals surface area (Å²) in [6, 6.07) is 50.3. The summed E-state index contributed by atoms with van der Waals surface area (Å²) in [5, 5.41) is 14.9. The van der Waals surface area contributed by atoms with E-state index in [0.717, 1.165) is 119 Å². The lowest BCUT2D eigenvalue weighted by Gasteiger charge is -2.35. The average molecular weight is 2050 g/mol. The molecule has 0 fully saturated rings. The standard InChI is InChI=1S/C21H26N2.2C18H23N3O.C18H24N2O2.C14H20N2.C13H15NO.C11H14N2O2S.2C5H12.C3H8/c1-20(2,3)17-12-11-16(14-9-7-8-10-15(14)17)18-13-22-19(23-18)21(4,5)6;1-17(2,3)13-8-7-11(15-12(13)9-20-22-15)14-10-19-16(21-14)18(4,5)6;1-17(2,3)12-8-7-11(14-15(12)22-10-20-14)13-9-19-16(21-13)18(4,5)6;1-17(2,3)12-8-7-11(14-15(12)22-10-21-14)13-9-19-16(20-13)18(4,5)6;1-13(2,3)12-15-11-9-7-6-8-10(11)14(4,5)16-12;1-13(2,3)12-8-11(15)9-6-4-5-7-10(9)14-12;1-11(2,3)10-12-8-6-4-5-7-9(8)16(14,15)13-10;2*1-5(2,3)4;1-3-2/h7-13H,1-6H3,(H,22,23);2*7-10H,1-6H3,(H,19,21);7-9H,10H2,1-6H3,(H,19,20);6-9H,1-5H3,(H,15,16);4-8H,1-3H3,(H,14,15);4-7H,1-3H3,(H,12,13);2*1-4H3;3H2,1-2H3. The van der Waals surface area contributed by atoms with Crippen LogP contribution >= 0.6 is 0 Å². The Balaban J connectivity index is 0.000000190. The number of para-hydroxylation sites is 3. The number of imidazole rings is 4. The van der Waals surface area contributed by atoms with E-state index in [2.05, 4.69) is 458 Å². The van der Waals surface area contributed by atoms with E-state index in [4.69, 9.17) is 23.4 Å². The van der Waals surface area contributed by atoms with Gasteiger partial charge in [0.15, 0.2) is 34.5 Å². The third-order valence-electron chi connectivity index (χ3n) is 23.8. The number of aliphatic imine (C=N–C) groups is 1. The summed E-state index contributed by atoms with van der Waals surface area (Å²) in [4.78, 5) is 56.5. The van der Waals surface area contributed by atoms with Crippen LogP contribution in [0.25, 0.3) is 88.8 Å². The molecule has 23 heteroatoms. The second-order valence-corrected chi connectivity index (χ2v) is 55.8. The number of anilines is 2. The number of nitrogens with one attached hydrogen (secondary N) is 7. The number of hydrogen-bond donors (Lipinski definition) is 7. The van der Waals surface area contributed by atoms with Gasteiger partial charge in [0.25, 0.3) is 10.0 Å². The molecule has 8 aromatic carbocycles. The first-order valence-corrected chi connectivity index (χ1v) is 53.9. The van der Waals surface area contributed by atoms with Crippen molar-refractivity contribution in [2.75, 3.05) is 17.4 Å². The summed E-state index contributed by atoms with van der Waals surface area (Å²) >= 11 is 0. The number of benzene rings is 8. The van der Waals surface area contributed by atoms with Gasteiger partial charge < -0.3 is 54.0 Å². The number of oxazole rings is 1. The number of aromatic amines is 5. The highest BCUT2D eigenvalue weighted by molar-refractivity contribution is 7.90. The van der Waals surface area contributed by atoms with Crippen LogP contribution in [-0.2, 0) is 64.3 Å². The molecule has 3 aliphatic heterocycles. The van der Waals surface area contributed by atoms with Crippen molar-refractivity contribution >= 4 is 76.8 Å². The first-order valence-electron chi connectivity index (χ1n) is 52.5. The van der Waals surface area contributed by atoms with E-state index in [1.54, 1.807) is 36.5 Å². The lowest BCUT2D eigenvalue weighted by Crippen LogP contribution is -2.36. The molecule has 0 bridgehead atoms. The van der Waals surface area contributed by atoms with Crippen molar-refractivity contribution in [3.05, 3.63) is 256 Å². The van der Waals surface area contributed by atoms with Gasteiger partial charge in [-0.3, -0.25) is 9.79 Å². The quantitative estimate of drug-likeness (QED) is 0.0862. The number of amidine groups is 2. The third kappa shape index (κ3) is 32.3. The van der Waals surface area contributed by atoms with Crippen LogP contribution in [0, 0.1) is 21.7 Å². The topological polar surface area (TPSA) is 301 Å². The van der Waals surface area contributed by atoms with Crippen LogP contribution in [0.3, 0.4) is 0 Å². The van der Waals surface area contributed by atoms with E-state index in [1.165, 1.54) is 62.7 Å². The number of sulfonamides is 1. The van der Waals surface area contributed by atoms with Crippen LogP contribution < -0.4 is 25.5 Å². The van der Waals surface area contributed by atoms with E-state index in [-0.39, 0.29) is 82.2 Å². The highest BCUT2D eigenvalue weighted by Gasteiger charge is 2.36. The zero-order valence-corrected chi connectivity index (χ0v) is 99.5. The fraction of sp³-hybridized carbons (Fsp3) is 0.484. The molecule has 0 saturated heterocycles. The van der Waals surface area contributed by atoms with Gasteiger partial charge in [-0.05, 0) is 111 Å². The van der Waals surface area contributed by atoms with Crippen LogP contribution in [0.15, 0.2) is 217 Å². The monoisotopic (exact) mass is 2040 g/mol. The summed E-state index contributed by atoms with van der Waals surface area (Å²) in [5.41, 5.74) is 21.6. The molecule has 149 heavy (non-hydrogen) atoms. The molecule has 15 aromatic rings. The molecule has 3 aliphatic rings. The Morgan fingerprint density at radius 1 is 0.349 bits per heavy atom. The van der Waals surface area contributed by atoms with Crippen LogP contribution in [-0.4, -0.2) is 81.9 Å². The Hall–Kier alpha value is -12.5. The lowest BCUT2D eigenvalue weighted by atomic mass is 9.82. The maximum Gasteiger partial charge on any atom is 0.286 e. The SMILES string of the molecule is CC(C)(C)C.CC(C)(C)C.CC(C)(C)C1=NC(C)(C)c2ccccc2N1.CC(C)(C)C1=NS(=O)(=O)c2ccccc2N1.CC(C)(C)c1cc(=O)c2ccccc2[nH]1.CC(C)(C)c1ncc(-c2ccc(C(C)(C)C)c3c2OCO3)[nH]1.CC(C)(C)c1ncc(-c2ccc(C(C)(C)C)c3ccccc23)[nH]1.CC(C)(C)c1ncc(-c2ccc(C(C)(C)C)c3cnoc23)[nH]1.CC(C)(C)c1ncc(-c2ccc(C(C)(C)C)c3ocnc23)[nH]1.CCC. The molecule has 804 valence electrons. The van der Waals surface area contributed by atoms with Gasteiger partial charge in [-0.15, -0.1) is 4.40 Å². The Morgan fingerprint density at radius 2 is 0.732 bits per heavy atom. The number of rotatable bonds is 4. The fourth-order valence-electron chi connectivity index (χ4n) is 15.9.